The lowest BCUT2D eigenvalue weighted by Gasteiger charge is -2.00. The van der Waals surface area contributed by atoms with Crippen molar-refractivity contribution < 1.29 is 5.11 Å². The molecule has 12 heavy (non-hydrogen) atoms. The number of nitrogens with one attached hydrogen (secondary N) is 1. The van der Waals surface area contributed by atoms with E-state index in [2.05, 4.69) is 25.2 Å². The normalized spacial score (nSPS) is 9.92. The fourth-order valence-electron chi connectivity index (χ4n) is 0.917. The van der Waals surface area contributed by atoms with E-state index >= 15 is 0 Å². The summed E-state index contributed by atoms with van der Waals surface area (Å²) in [6.07, 6.45) is 5.41. The molecular weight excluding hydrogens is 150 g/mol. The molecule has 0 aliphatic heterocycles. The Morgan fingerprint density at radius 2 is 2.00 bits per heavy atom. The van der Waals surface area contributed by atoms with E-state index in [1.54, 1.807) is 0 Å². The van der Waals surface area contributed by atoms with Crippen LogP contribution in [0.3, 0.4) is 0 Å². The highest BCUT2D eigenvalue weighted by molar-refractivity contribution is 4.94. The van der Waals surface area contributed by atoms with Crippen LogP contribution in [-0.2, 0) is 0 Å². The number of hydrogen-bond donors (Lipinski definition) is 2. The van der Waals surface area contributed by atoms with E-state index in [1.165, 1.54) is 5.57 Å². The Morgan fingerprint density at radius 3 is 2.58 bits per heavy atom. The molecule has 2 nitrogen and oxygen atoms in total. The van der Waals surface area contributed by atoms with Crippen molar-refractivity contribution in [2.24, 2.45) is 0 Å². The fraction of sp³-hybridized carbons (Fsp3) is 0.800. The lowest BCUT2D eigenvalue weighted by molar-refractivity contribution is 0.283. The summed E-state index contributed by atoms with van der Waals surface area (Å²) in [5.74, 6) is 0. The van der Waals surface area contributed by atoms with E-state index in [0.29, 0.717) is 6.61 Å². The summed E-state index contributed by atoms with van der Waals surface area (Å²) in [4.78, 5) is 0. The van der Waals surface area contributed by atoms with E-state index in [4.69, 9.17) is 5.11 Å². The Bertz CT molecular complexity index is 117. The quantitative estimate of drug-likeness (QED) is 0.451. The zero-order valence-corrected chi connectivity index (χ0v) is 8.27. The summed E-state index contributed by atoms with van der Waals surface area (Å²) >= 11 is 0. The van der Waals surface area contributed by atoms with Crippen molar-refractivity contribution in [1.82, 2.24) is 5.32 Å². The SMILES string of the molecule is CC(C)=CCNCCCCCO. The van der Waals surface area contributed by atoms with Crippen molar-refractivity contribution >= 4 is 0 Å². The number of hydrogen-bond acceptors (Lipinski definition) is 2. The Morgan fingerprint density at radius 1 is 1.25 bits per heavy atom. The average molecular weight is 171 g/mol. The number of aliphatic hydroxyl groups is 1. The lowest BCUT2D eigenvalue weighted by atomic mass is 10.2. The van der Waals surface area contributed by atoms with Gasteiger partial charge in [0.15, 0.2) is 0 Å². The predicted octanol–water partition coefficient (Wildman–Crippen LogP) is 1.70. The first-order valence-electron chi connectivity index (χ1n) is 4.72. The van der Waals surface area contributed by atoms with Gasteiger partial charge in [-0.2, -0.15) is 0 Å². The van der Waals surface area contributed by atoms with Gasteiger partial charge >= 0.3 is 0 Å². The second-order valence-electron chi connectivity index (χ2n) is 3.27. The summed E-state index contributed by atoms with van der Waals surface area (Å²) in [6, 6.07) is 0. The van der Waals surface area contributed by atoms with Gasteiger partial charge in [-0.3, -0.25) is 0 Å². The Hall–Kier alpha value is -0.340. The van der Waals surface area contributed by atoms with Crippen LogP contribution in [0.4, 0.5) is 0 Å². The molecule has 0 rings (SSSR count). The van der Waals surface area contributed by atoms with Gasteiger partial charge in [-0.15, -0.1) is 0 Å². The zero-order chi connectivity index (χ0) is 9.23. The third-order valence-corrected chi connectivity index (χ3v) is 1.67. The summed E-state index contributed by atoms with van der Waals surface area (Å²) in [6.45, 7) is 6.57. The van der Waals surface area contributed by atoms with Crippen molar-refractivity contribution in [3.8, 4) is 0 Å². The second-order valence-corrected chi connectivity index (χ2v) is 3.27. The molecule has 0 aromatic rings. The molecule has 2 N–H and O–H groups in total. The number of unbranched alkanes of at least 4 members (excludes halogenated alkanes) is 2. The van der Waals surface area contributed by atoms with E-state index in [1.807, 2.05) is 0 Å². The first-order chi connectivity index (χ1) is 5.77. The number of aliphatic hydroxyl groups excluding tert-OH is 1. The molecule has 0 aromatic carbocycles. The molecule has 0 unspecified atom stereocenters. The van der Waals surface area contributed by atoms with Crippen molar-refractivity contribution in [2.45, 2.75) is 33.1 Å². The lowest BCUT2D eigenvalue weighted by Crippen LogP contribution is -2.15. The van der Waals surface area contributed by atoms with Gasteiger partial charge in [0.25, 0.3) is 0 Å². The van der Waals surface area contributed by atoms with E-state index in [0.717, 1.165) is 32.4 Å². The molecule has 0 fully saturated rings. The van der Waals surface area contributed by atoms with Crippen molar-refractivity contribution in [3.05, 3.63) is 11.6 Å². The first-order valence-corrected chi connectivity index (χ1v) is 4.72. The Labute approximate surface area is 75.7 Å². The van der Waals surface area contributed by atoms with Crippen molar-refractivity contribution in [2.75, 3.05) is 19.7 Å². The highest BCUT2D eigenvalue weighted by atomic mass is 16.2. The van der Waals surface area contributed by atoms with E-state index in [-0.39, 0.29) is 0 Å². The molecule has 0 aliphatic carbocycles. The molecule has 0 heterocycles. The van der Waals surface area contributed by atoms with Gasteiger partial charge in [0.1, 0.15) is 0 Å². The second kappa shape index (κ2) is 8.75. The maximum Gasteiger partial charge on any atom is 0.0431 e. The molecule has 72 valence electrons. The molecule has 0 atom stereocenters. The highest BCUT2D eigenvalue weighted by Crippen LogP contribution is 1.92. The van der Waals surface area contributed by atoms with Gasteiger partial charge in [-0.25, -0.2) is 0 Å². The van der Waals surface area contributed by atoms with E-state index in [9.17, 15) is 0 Å². The number of rotatable bonds is 7. The molecule has 0 saturated carbocycles. The predicted molar refractivity (Wildman–Crippen MR) is 53.2 cm³/mol. The van der Waals surface area contributed by atoms with Gasteiger partial charge in [0, 0.05) is 13.2 Å². The van der Waals surface area contributed by atoms with Crippen LogP contribution in [0.25, 0.3) is 0 Å². The van der Waals surface area contributed by atoms with Crippen LogP contribution in [0.5, 0.6) is 0 Å². The minimum Gasteiger partial charge on any atom is -0.396 e. The topological polar surface area (TPSA) is 32.3 Å². The molecule has 2 heteroatoms. The van der Waals surface area contributed by atoms with Gasteiger partial charge in [0.2, 0.25) is 0 Å². The molecule has 0 amide bonds. The Kier molecular flexibility index (Phi) is 8.51. The highest BCUT2D eigenvalue weighted by Gasteiger charge is 1.86. The molecular formula is C10H21NO. The van der Waals surface area contributed by atoms with Crippen molar-refractivity contribution in [1.29, 1.82) is 0 Å². The summed E-state index contributed by atoms with van der Waals surface area (Å²) in [7, 11) is 0. The molecule has 0 bridgehead atoms. The summed E-state index contributed by atoms with van der Waals surface area (Å²) in [5, 5.41) is 11.8. The van der Waals surface area contributed by atoms with Crippen LogP contribution in [0, 0.1) is 0 Å². The number of allylic oxidation sites excluding steroid dienone is 1. The summed E-state index contributed by atoms with van der Waals surface area (Å²) < 4.78 is 0. The standard InChI is InChI=1S/C10H21NO/c1-10(2)6-8-11-7-4-3-5-9-12/h6,11-12H,3-5,7-9H2,1-2H3. The molecule has 0 aliphatic rings. The van der Waals surface area contributed by atoms with Crippen LogP contribution in [-0.4, -0.2) is 24.8 Å². The van der Waals surface area contributed by atoms with Gasteiger partial charge < -0.3 is 10.4 Å². The third kappa shape index (κ3) is 9.66. The fourth-order valence-corrected chi connectivity index (χ4v) is 0.917. The minimum absolute atomic E-state index is 0.327. The molecule has 0 saturated heterocycles. The molecule has 0 radical (unpaired) electrons. The average Bonchev–Trinajstić information content (AvgIpc) is 2.02. The van der Waals surface area contributed by atoms with Crippen LogP contribution in [0.2, 0.25) is 0 Å². The van der Waals surface area contributed by atoms with Gasteiger partial charge in [-0.1, -0.05) is 11.6 Å². The zero-order valence-electron chi connectivity index (χ0n) is 8.27. The van der Waals surface area contributed by atoms with Crippen LogP contribution in [0.1, 0.15) is 33.1 Å². The van der Waals surface area contributed by atoms with Gasteiger partial charge in [-0.05, 0) is 39.7 Å². The van der Waals surface area contributed by atoms with Crippen LogP contribution >= 0.6 is 0 Å². The first kappa shape index (κ1) is 11.7. The minimum atomic E-state index is 0.327. The molecule has 0 aromatic heterocycles. The molecule has 0 spiro atoms. The largest absolute Gasteiger partial charge is 0.396 e. The van der Waals surface area contributed by atoms with Gasteiger partial charge in [0.05, 0.1) is 0 Å². The maximum absolute atomic E-state index is 8.51. The maximum atomic E-state index is 8.51. The van der Waals surface area contributed by atoms with Crippen LogP contribution in [0.15, 0.2) is 11.6 Å². The smallest absolute Gasteiger partial charge is 0.0431 e. The van der Waals surface area contributed by atoms with Crippen LogP contribution < -0.4 is 5.32 Å². The monoisotopic (exact) mass is 171 g/mol. The van der Waals surface area contributed by atoms with Crippen molar-refractivity contribution in [3.63, 3.8) is 0 Å². The summed E-state index contributed by atoms with van der Waals surface area (Å²) in [5.41, 5.74) is 1.36. The third-order valence-electron chi connectivity index (χ3n) is 1.67. The van der Waals surface area contributed by atoms with E-state index < -0.39 is 0 Å². The Balaban J connectivity index is 2.96.